The molecule has 2 heterocycles. The monoisotopic (exact) mass is 477 g/mol. The molecule has 0 radical (unpaired) electrons. The molecule has 0 unspecified atom stereocenters. The Balaban J connectivity index is 1.92. The Kier molecular flexibility index (Phi) is 5.81. The molecule has 2 aromatic heterocycles. The summed E-state index contributed by atoms with van der Waals surface area (Å²) < 4.78 is 2.59. The Bertz CT molecular complexity index is 1290. The number of anilines is 1. The highest BCUT2D eigenvalue weighted by Gasteiger charge is 2.51. The van der Waals surface area contributed by atoms with E-state index in [0.29, 0.717) is 11.2 Å². The number of hydrogen-bond acceptors (Lipinski definition) is 5. The molecule has 34 heavy (non-hydrogen) atoms. The van der Waals surface area contributed by atoms with Crippen LogP contribution in [0.15, 0.2) is 110 Å². The minimum absolute atomic E-state index is 0.618. The normalized spacial score (nSPS) is 12.0. The van der Waals surface area contributed by atoms with Crippen LogP contribution in [0.4, 0.5) is 5.95 Å². The van der Waals surface area contributed by atoms with Crippen molar-refractivity contribution in [3.63, 3.8) is 0 Å². The number of aromatic nitrogens is 4. The maximum Gasteiger partial charge on any atom is 0.247 e. The van der Waals surface area contributed by atoms with Crippen LogP contribution in [0.1, 0.15) is 0 Å². The van der Waals surface area contributed by atoms with Crippen molar-refractivity contribution in [2.45, 2.75) is 19.6 Å². The van der Waals surface area contributed by atoms with E-state index in [9.17, 15) is 0 Å². The summed E-state index contributed by atoms with van der Waals surface area (Å²) in [5, 5.41) is 3.91. The van der Waals surface area contributed by atoms with Crippen molar-refractivity contribution in [3.8, 4) is 0 Å². The Labute approximate surface area is 202 Å². The van der Waals surface area contributed by atoms with Gasteiger partial charge in [0.05, 0.1) is 6.20 Å². The maximum atomic E-state index is 5.00. The molecule has 5 rings (SSSR count). The molecule has 0 saturated heterocycles. The first kappa shape index (κ1) is 22.1. The molecule has 0 amide bonds. The van der Waals surface area contributed by atoms with E-state index in [4.69, 9.17) is 9.97 Å². The molecule has 0 atom stereocenters. The third-order valence-corrected chi connectivity index (χ3v) is 14.9. The topological polar surface area (TPSA) is 54.8 Å². The molecule has 0 aliphatic carbocycles. The second-order valence-corrected chi connectivity index (χ2v) is 18.1. The van der Waals surface area contributed by atoms with E-state index in [1.807, 2.05) is 0 Å². The summed E-state index contributed by atoms with van der Waals surface area (Å²) in [6.07, 6.45) is 5.17. The van der Waals surface area contributed by atoms with Gasteiger partial charge >= 0.3 is 0 Å². The van der Waals surface area contributed by atoms with Crippen LogP contribution in [0, 0.1) is 0 Å². The van der Waals surface area contributed by atoms with Crippen LogP contribution in [-0.2, 0) is 0 Å². The Morgan fingerprint density at radius 3 is 1.53 bits per heavy atom. The summed E-state index contributed by atoms with van der Waals surface area (Å²) in [7, 11) is -4.87. The van der Waals surface area contributed by atoms with Gasteiger partial charge in [-0.05, 0) is 15.6 Å². The number of nitrogens with zero attached hydrogens (tertiary/aromatic N) is 5. The molecule has 5 nitrogen and oxygen atoms in total. The minimum atomic E-state index is -2.79. The van der Waals surface area contributed by atoms with Gasteiger partial charge < -0.3 is 4.23 Å². The van der Waals surface area contributed by atoms with Crippen LogP contribution >= 0.6 is 0 Å². The predicted molar refractivity (Wildman–Crippen MR) is 145 cm³/mol. The van der Waals surface area contributed by atoms with Gasteiger partial charge in [0, 0.05) is 12.4 Å². The fourth-order valence-electron chi connectivity index (χ4n) is 4.75. The van der Waals surface area contributed by atoms with Crippen molar-refractivity contribution < 1.29 is 0 Å². The van der Waals surface area contributed by atoms with Gasteiger partial charge in [-0.2, -0.15) is 4.98 Å². The fourth-order valence-corrected chi connectivity index (χ4v) is 14.8. The van der Waals surface area contributed by atoms with Gasteiger partial charge in [0.25, 0.3) is 0 Å². The van der Waals surface area contributed by atoms with Crippen LogP contribution in [0.2, 0.25) is 19.6 Å². The summed E-state index contributed by atoms with van der Waals surface area (Å²) in [5.41, 5.74) is 1.32. The number of fused-ring (bicyclic) bond motifs is 1. The van der Waals surface area contributed by atoms with E-state index in [1.54, 1.807) is 18.6 Å². The van der Waals surface area contributed by atoms with E-state index in [1.165, 1.54) is 15.6 Å². The molecule has 3 aromatic carbocycles. The van der Waals surface area contributed by atoms with Crippen LogP contribution < -0.4 is 19.8 Å². The van der Waals surface area contributed by atoms with Crippen molar-refractivity contribution in [3.05, 3.63) is 110 Å². The molecule has 7 heteroatoms. The molecule has 168 valence electrons. The quantitative estimate of drug-likeness (QED) is 0.276. The molecule has 0 fully saturated rings. The highest BCUT2D eigenvalue weighted by molar-refractivity contribution is 7.20. The number of hydrogen-bond donors (Lipinski definition) is 0. The van der Waals surface area contributed by atoms with Crippen molar-refractivity contribution in [1.82, 2.24) is 19.9 Å². The Morgan fingerprint density at radius 1 is 0.588 bits per heavy atom. The standard InChI is InChI=1S/C27H27N5Si2/c1-33(2,3)32(27-30-21-25-26(31-27)29-20-19-28-25)34(22-13-7-4-8-14-22,23-15-9-5-10-16-23)24-17-11-6-12-18-24/h4-21H,1-3H3. The molecular formula is C27H27N5Si2. The van der Waals surface area contributed by atoms with Gasteiger partial charge in [0.1, 0.15) is 13.8 Å². The van der Waals surface area contributed by atoms with Crippen LogP contribution in [0.3, 0.4) is 0 Å². The lowest BCUT2D eigenvalue weighted by Gasteiger charge is -2.49. The Morgan fingerprint density at radius 2 is 1.06 bits per heavy atom. The highest BCUT2D eigenvalue weighted by Crippen LogP contribution is 2.27. The SMILES string of the molecule is C[Si](C)(C)N(c1ncc2nccnc2n1)[Si](c1ccccc1)(c1ccccc1)c1ccccc1. The first-order chi connectivity index (χ1) is 16.5. The molecule has 0 aliphatic heterocycles. The molecular weight excluding hydrogens is 451 g/mol. The van der Waals surface area contributed by atoms with Gasteiger partial charge in [-0.3, -0.25) is 0 Å². The summed E-state index contributed by atoms with van der Waals surface area (Å²) in [6.45, 7) is 7.11. The van der Waals surface area contributed by atoms with E-state index < -0.39 is 16.5 Å². The summed E-state index contributed by atoms with van der Waals surface area (Å²) >= 11 is 0. The zero-order valence-electron chi connectivity index (χ0n) is 19.6. The van der Waals surface area contributed by atoms with Crippen LogP contribution in [-0.4, -0.2) is 36.4 Å². The van der Waals surface area contributed by atoms with Crippen LogP contribution in [0.5, 0.6) is 0 Å². The second-order valence-electron chi connectivity index (χ2n) is 9.25. The van der Waals surface area contributed by atoms with Crippen molar-refractivity contribution in [2.24, 2.45) is 0 Å². The molecule has 5 aromatic rings. The van der Waals surface area contributed by atoms with Crippen molar-refractivity contribution in [1.29, 1.82) is 0 Å². The molecule has 0 spiro atoms. The lowest BCUT2D eigenvalue weighted by Crippen LogP contribution is -2.82. The van der Waals surface area contributed by atoms with Gasteiger partial charge in [-0.15, -0.1) is 0 Å². The van der Waals surface area contributed by atoms with Crippen molar-refractivity contribution in [2.75, 3.05) is 4.23 Å². The van der Waals surface area contributed by atoms with Gasteiger partial charge in [0.15, 0.2) is 5.65 Å². The first-order valence-electron chi connectivity index (χ1n) is 11.4. The lowest BCUT2D eigenvalue weighted by molar-refractivity contribution is 1.11. The smallest absolute Gasteiger partial charge is 0.247 e. The lowest BCUT2D eigenvalue weighted by atomic mass is 10.3. The summed E-state index contributed by atoms with van der Waals surface area (Å²) in [4.78, 5) is 18.8. The third kappa shape index (κ3) is 3.82. The summed E-state index contributed by atoms with van der Waals surface area (Å²) in [5.74, 6) is 0.718. The molecule has 0 N–H and O–H groups in total. The largest absolute Gasteiger partial charge is 0.383 e. The number of benzene rings is 3. The predicted octanol–water partition coefficient (Wildman–Crippen LogP) is 3.73. The van der Waals surface area contributed by atoms with Gasteiger partial charge in [-0.1, -0.05) is 111 Å². The van der Waals surface area contributed by atoms with E-state index in [-0.39, 0.29) is 0 Å². The minimum Gasteiger partial charge on any atom is -0.383 e. The Hall–Kier alpha value is -3.69. The second kappa shape index (κ2) is 8.92. The summed E-state index contributed by atoms with van der Waals surface area (Å²) in [6, 6.07) is 32.7. The van der Waals surface area contributed by atoms with E-state index in [2.05, 4.69) is 125 Å². The number of rotatable bonds is 6. The molecule has 0 saturated carbocycles. The van der Waals surface area contributed by atoms with E-state index in [0.717, 1.165) is 5.95 Å². The highest BCUT2D eigenvalue weighted by atomic mass is 28.4. The zero-order chi connectivity index (χ0) is 23.6. The average Bonchev–Trinajstić information content (AvgIpc) is 2.88. The molecule has 0 aliphatic rings. The fraction of sp³-hybridized carbons (Fsp3) is 0.111. The maximum absolute atomic E-state index is 5.00. The average molecular weight is 478 g/mol. The first-order valence-corrected chi connectivity index (χ1v) is 16.8. The third-order valence-electron chi connectivity index (χ3n) is 6.00. The zero-order valence-corrected chi connectivity index (χ0v) is 21.6. The van der Waals surface area contributed by atoms with Crippen molar-refractivity contribution >= 4 is 49.1 Å². The van der Waals surface area contributed by atoms with Crippen LogP contribution in [0.25, 0.3) is 11.2 Å². The van der Waals surface area contributed by atoms with Gasteiger partial charge in [0.2, 0.25) is 14.2 Å². The molecule has 0 bridgehead atoms. The van der Waals surface area contributed by atoms with Gasteiger partial charge in [-0.25, -0.2) is 15.0 Å². The van der Waals surface area contributed by atoms with E-state index >= 15 is 0 Å².